The van der Waals surface area contributed by atoms with Crippen LogP contribution in [0.1, 0.15) is 19.3 Å². The minimum Gasteiger partial charge on any atom is -0.298 e. The number of nitrogens with zero attached hydrogens (tertiary/aromatic N) is 1. The van der Waals surface area contributed by atoms with Crippen LogP contribution in [-0.4, -0.2) is 11.7 Å². The van der Waals surface area contributed by atoms with E-state index in [2.05, 4.69) is 6.07 Å². The molecule has 2 bridgehead atoms. The van der Waals surface area contributed by atoms with Crippen molar-refractivity contribution in [2.45, 2.75) is 19.3 Å². The number of carbonyl (C=O) groups is 1. The van der Waals surface area contributed by atoms with Crippen LogP contribution in [0, 0.1) is 35.0 Å². The van der Waals surface area contributed by atoms with E-state index in [1.807, 2.05) is 0 Å². The Kier molecular flexibility index (Phi) is 2.29. The molecule has 0 radical (unpaired) electrons. The van der Waals surface area contributed by atoms with Crippen LogP contribution in [-0.2, 0) is 4.79 Å². The normalized spacial score (nSPS) is 41.8. The predicted molar refractivity (Wildman–Crippen MR) is 49.2 cm³/mol. The molecule has 1 unspecified atom stereocenters. The average Bonchev–Trinajstić information content (AvgIpc) is 2.72. The topological polar surface area (TPSA) is 40.9 Å². The molecule has 2 aliphatic rings. The van der Waals surface area contributed by atoms with Gasteiger partial charge in [-0.2, -0.15) is 5.26 Å². The minimum atomic E-state index is 0.113. The van der Waals surface area contributed by atoms with E-state index in [9.17, 15) is 4.79 Å². The number of hydrogen-bond donors (Lipinski definition) is 0. The first-order chi connectivity index (χ1) is 6.27. The molecular weight excluding hydrogens is 186 g/mol. The Morgan fingerprint density at radius 3 is 2.85 bits per heavy atom. The van der Waals surface area contributed by atoms with Crippen molar-refractivity contribution in [2.75, 3.05) is 5.88 Å². The van der Waals surface area contributed by atoms with Gasteiger partial charge >= 0.3 is 0 Å². The Labute approximate surface area is 82.9 Å². The van der Waals surface area contributed by atoms with Gasteiger partial charge in [0, 0.05) is 5.92 Å². The van der Waals surface area contributed by atoms with Crippen LogP contribution >= 0.6 is 11.6 Å². The van der Waals surface area contributed by atoms with E-state index < -0.39 is 0 Å². The smallest absolute Gasteiger partial charge is 0.151 e. The van der Waals surface area contributed by atoms with Gasteiger partial charge in [0.25, 0.3) is 0 Å². The second kappa shape index (κ2) is 3.31. The standard InChI is InChI=1S/C10H12ClNO/c11-4-9(13)10-6-1-2-8(10)7(3-6)5-12/h6-8,10H,1-4H2/t6-,7?,8+,10+/m0/s1. The van der Waals surface area contributed by atoms with Crippen molar-refractivity contribution in [3.63, 3.8) is 0 Å². The lowest BCUT2D eigenvalue weighted by atomic mass is 9.88. The van der Waals surface area contributed by atoms with Gasteiger partial charge in [0.05, 0.1) is 17.9 Å². The third-order valence-electron chi connectivity index (χ3n) is 3.58. The van der Waals surface area contributed by atoms with E-state index in [0.29, 0.717) is 11.8 Å². The maximum Gasteiger partial charge on any atom is 0.151 e. The number of rotatable bonds is 2. The molecular formula is C10H12ClNO. The number of alkyl halides is 1. The highest BCUT2D eigenvalue weighted by atomic mass is 35.5. The molecule has 2 nitrogen and oxygen atoms in total. The quantitative estimate of drug-likeness (QED) is 0.636. The Bertz CT molecular complexity index is 271. The molecule has 0 aromatic heterocycles. The molecule has 0 saturated heterocycles. The highest BCUT2D eigenvalue weighted by Gasteiger charge is 2.50. The summed E-state index contributed by atoms with van der Waals surface area (Å²) in [6.07, 6.45) is 3.10. The van der Waals surface area contributed by atoms with Gasteiger partial charge in [0.15, 0.2) is 5.78 Å². The molecule has 0 N–H and O–H groups in total. The van der Waals surface area contributed by atoms with E-state index in [0.717, 1.165) is 19.3 Å². The van der Waals surface area contributed by atoms with Crippen molar-refractivity contribution in [3.05, 3.63) is 0 Å². The minimum absolute atomic E-state index is 0.113. The summed E-state index contributed by atoms with van der Waals surface area (Å²) >= 11 is 5.55. The molecule has 4 atom stereocenters. The zero-order valence-corrected chi connectivity index (χ0v) is 8.13. The summed E-state index contributed by atoms with van der Waals surface area (Å²) in [7, 11) is 0. The average molecular weight is 198 g/mol. The number of hydrogen-bond acceptors (Lipinski definition) is 2. The number of ketones is 1. The van der Waals surface area contributed by atoms with Gasteiger partial charge in [-0.1, -0.05) is 0 Å². The molecule has 2 fully saturated rings. The van der Waals surface area contributed by atoms with E-state index in [1.54, 1.807) is 0 Å². The Morgan fingerprint density at radius 1 is 1.54 bits per heavy atom. The number of halogens is 1. The van der Waals surface area contributed by atoms with E-state index in [-0.39, 0.29) is 23.5 Å². The fraction of sp³-hybridized carbons (Fsp3) is 0.800. The SMILES string of the molecule is N#CC1C[C@@H]2CC[C@H]1[C@@H]2C(=O)CCl. The number of carbonyl (C=O) groups excluding carboxylic acids is 1. The van der Waals surface area contributed by atoms with E-state index in [4.69, 9.17) is 16.9 Å². The van der Waals surface area contributed by atoms with Crippen LogP contribution < -0.4 is 0 Å². The fourth-order valence-corrected chi connectivity index (χ4v) is 3.25. The van der Waals surface area contributed by atoms with Gasteiger partial charge in [0.1, 0.15) is 0 Å². The lowest BCUT2D eigenvalue weighted by molar-refractivity contribution is -0.121. The predicted octanol–water partition coefficient (Wildman–Crippen LogP) is 1.98. The molecule has 0 spiro atoms. The Balaban J connectivity index is 2.16. The summed E-state index contributed by atoms with van der Waals surface area (Å²) in [5.74, 6) is 1.29. The third kappa shape index (κ3) is 1.26. The lowest BCUT2D eigenvalue weighted by Gasteiger charge is -2.14. The van der Waals surface area contributed by atoms with Crippen LogP contribution in [0.4, 0.5) is 0 Å². The third-order valence-corrected chi connectivity index (χ3v) is 3.85. The van der Waals surface area contributed by atoms with Gasteiger partial charge in [0.2, 0.25) is 0 Å². The van der Waals surface area contributed by atoms with Crippen LogP contribution in [0.5, 0.6) is 0 Å². The summed E-state index contributed by atoms with van der Waals surface area (Å²) in [6.45, 7) is 0. The lowest BCUT2D eigenvalue weighted by Crippen LogP contribution is -2.21. The molecule has 0 aromatic carbocycles. The molecule has 70 valence electrons. The first-order valence-corrected chi connectivity index (χ1v) is 5.29. The van der Waals surface area contributed by atoms with Gasteiger partial charge < -0.3 is 0 Å². The maximum absolute atomic E-state index is 11.5. The zero-order chi connectivity index (χ0) is 9.42. The van der Waals surface area contributed by atoms with Crippen LogP contribution in [0.15, 0.2) is 0 Å². The van der Waals surface area contributed by atoms with Crippen molar-refractivity contribution in [1.29, 1.82) is 5.26 Å². The summed E-state index contributed by atoms with van der Waals surface area (Å²) in [5.41, 5.74) is 0. The molecule has 2 aliphatic carbocycles. The van der Waals surface area contributed by atoms with E-state index >= 15 is 0 Å². The monoisotopic (exact) mass is 197 g/mol. The van der Waals surface area contributed by atoms with Gasteiger partial charge in [-0.25, -0.2) is 0 Å². The van der Waals surface area contributed by atoms with Crippen molar-refractivity contribution in [2.24, 2.45) is 23.7 Å². The van der Waals surface area contributed by atoms with Gasteiger partial charge in [-0.3, -0.25) is 4.79 Å². The molecule has 0 amide bonds. The Hall–Kier alpha value is -0.550. The van der Waals surface area contributed by atoms with Crippen LogP contribution in [0.2, 0.25) is 0 Å². The highest BCUT2D eigenvalue weighted by Crippen LogP contribution is 2.52. The molecule has 13 heavy (non-hydrogen) atoms. The molecule has 2 saturated carbocycles. The molecule has 0 aliphatic heterocycles. The number of nitriles is 1. The molecule has 3 heteroatoms. The highest BCUT2D eigenvalue weighted by molar-refractivity contribution is 6.28. The number of fused-ring (bicyclic) bond motifs is 2. The fourth-order valence-electron chi connectivity index (χ4n) is 3.07. The van der Waals surface area contributed by atoms with Crippen molar-refractivity contribution in [1.82, 2.24) is 0 Å². The largest absolute Gasteiger partial charge is 0.298 e. The van der Waals surface area contributed by atoms with Gasteiger partial charge in [-0.05, 0) is 31.1 Å². The van der Waals surface area contributed by atoms with Gasteiger partial charge in [-0.15, -0.1) is 11.6 Å². The zero-order valence-electron chi connectivity index (χ0n) is 7.37. The van der Waals surface area contributed by atoms with Crippen molar-refractivity contribution < 1.29 is 4.79 Å². The summed E-state index contributed by atoms with van der Waals surface area (Å²) in [4.78, 5) is 11.5. The Morgan fingerprint density at radius 2 is 2.31 bits per heavy atom. The first kappa shape index (κ1) is 9.02. The van der Waals surface area contributed by atoms with Crippen LogP contribution in [0.25, 0.3) is 0 Å². The van der Waals surface area contributed by atoms with Crippen LogP contribution in [0.3, 0.4) is 0 Å². The first-order valence-electron chi connectivity index (χ1n) is 4.76. The second-order valence-electron chi connectivity index (χ2n) is 4.10. The summed E-state index contributed by atoms with van der Waals surface area (Å²) < 4.78 is 0. The summed E-state index contributed by atoms with van der Waals surface area (Å²) in [6, 6.07) is 2.31. The second-order valence-corrected chi connectivity index (χ2v) is 4.37. The number of Topliss-reactive ketones (excluding diaryl/α,β-unsaturated/α-hetero) is 1. The van der Waals surface area contributed by atoms with Crippen molar-refractivity contribution in [3.8, 4) is 6.07 Å². The molecule has 0 aromatic rings. The molecule has 2 rings (SSSR count). The van der Waals surface area contributed by atoms with Crippen molar-refractivity contribution >= 4 is 17.4 Å². The molecule has 0 heterocycles. The summed E-state index contributed by atoms with van der Waals surface area (Å²) in [5, 5.41) is 8.87. The van der Waals surface area contributed by atoms with E-state index in [1.165, 1.54) is 0 Å². The maximum atomic E-state index is 11.5.